The van der Waals surface area contributed by atoms with Crippen LogP contribution in [-0.4, -0.2) is 36.2 Å². The molecule has 2 amide bonds. The number of phenolic OH excluding ortho intramolecular Hbond substituents is 1. The maximum atomic E-state index is 12.2. The van der Waals surface area contributed by atoms with E-state index in [4.69, 9.17) is 0 Å². The molecule has 0 spiro atoms. The lowest BCUT2D eigenvalue weighted by atomic mass is 10.1. The van der Waals surface area contributed by atoms with Gasteiger partial charge in [-0.25, -0.2) is 4.79 Å². The van der Waals surface area contributed by atoms with Gasteiger partial charge in [0.25, 0.3) is 0 Å². The van der Waals surface area contributed by atoms with Crippen molar-refractivity contribution >= 4 is 11.7 Å². The molecule has 17 heavy (non-hydrogen) atoms. The fraction of sp³-hybridized carbons (Fsp3) is 0.462. The Morgan fingerprint density at radius 2 is 2.00 bits per heavy atom. The van der Waals surface area contributed by atoms with Gasteiger partial charge in [-0.1, -0.05) is 6.07 Å². The second kappa shape index (κ2) is 5.08. The van der Waals surface area contributed by atoms with E-state index in [1.807, 2.05) is 11.0 Å². The predicted molar refractivity (Wildman–Crippen MR) is 67.3 cm³/mol. The van der Waals surface area contributed by atoms with Gasteiger partial charge in [0.2, 0.25) is 0 Å². The number of benzene rings is 1. The average molecular weight is 234 g/mol. The van der Waals surface area contributed by atoms with Crippen LogP contribution in [0.1, 0.15) is 19.3 Å². The molecule has 1 N–H and O–H groups in total. The number of anilines is 1. The largest absolute Gasteiger partial charge is 0.508 e. The first kappa shape index (κ1) is 11.8. The van der Waals surface area contributed by atoms with Crippen molar-refractivity contribution in [2.45, 2.75) is 19.3 Å². The summed E-state index contributed by atoms with van der Waals surface area (Å²) >= 11 is 0. The molecule has 0 atom stereocenters. The highest BCUT2D eigenvalue weighted by atomic mass is 16.3. The van der Waals surface area contributed by atoms with E-state index in [1.165, 1.54) is 6.42 Å². The second-order valence-electron chi connectivity index (χ2n) is 4.41. The first-order valence-corrected chi connectivity index (χ1v) is 6.00. The minimum Gasteiger partial charge on any atom is -0.508 e. The van der Waals surface area contributed by atoms with E-state index in [-0.39, 0.29) is 11.8 Å². The van der Waals surface area contributed by atoms with Crippen LogP contribution in [0.3, 0.4) is 0 Å². The van der Waals surface area contributed by atoms with Crippen LogP contribution < -0.4 is 4.90 Å². The van der Waals surface area contributed by atoms with Crippen molar-refractivity contribution in [3.63, 3.8) is 0 Å². The number of nitrogens with zero attached hydrogens (tertiary/aromatic N) is 2. The highest BCUT2D eigenvalue weighted by Crippen LogP contribution is 2.21. The zero-order chi connectivity index (χ0) is 12.3. The van der Waals surface area contributed by atoms with Gasteiger partial charge < -0.3 is 10.0 Å². The van der Waals surface area contributed by atoms with E-state index < -0.39 is 0 Å². The van der Waals surface area contributed by atoms with E-state index in [0.29, 0.717) is 0 Å². The van der Waals surface area contributed by atoms with E-state index in [9.17, 15) is 9.90 Å². The van der Waals surface area contributed by atoms with Gasteiger partial charge in [-0.15, -0.1) is 0 Å². The van der Waals surface area contributed by atoms with E-state index >= 15 is 0 Å². The lowest BCUT2D eigenvalue weighted by Crippen LogP contribution is -2.43. The Hall–Kier alpha value is -1.71. The first-order chi connectivity index (χ1) is 8.18. The number of amides is 2. The molecule has 0 saturated carbocycles. The molecule has 1 heterocycles. The van der Waals surface area contributed by atoms with Crippen molar-refractivity contribution in [1.29, 1.82) is 0 Å². The molecule has 1 aromatic rings. The summed E-state index contributed by atoms with van der Waals surface area (Å²) in [5.41, 5.74) is 0.723. The molecule has 1 aliphatic heterocycles. The van der Waals surface area contributed by atoms with Gasteiger partial charge in [0, 0.05) is 31.9 Å². The van der Waals surface area contributed by atoms with Crippen LogP contribution in [0.5, 0.6) is 5.75 Å². The van der Waals surface area contributed by atoms with Gasteiger partial charge in [0.15, 0.2) is 0 Å². The monoisotopic (exact) mass is 234 g/mol. The molecule has 4 heteroatoms. The van der Waals surface area contributed by atoms with Gasteiger partial charge in [-0.05, 0) is 31.4 Å². The Morgan fingerprint density at radius 3 is 2.65 bits per heavy atom. The molecule has 1 fully saturated rings. The van der Waals surface area contributed by atoms with Gasteiger partial charge in [-0.2, -0.15) is 0 Å². The van der Waals surface area contributed by atoms with E-state index in [1.54, 1.807) is 30.1 Å². The van der Waals surface area contributed by atoms with Crippen molar-refractivity contribution in [2.75, 3.05) is 25.0 Å². The van der Waals surface area contributed by atoms with Crippen LogP contribution in [-0.2, 0) is 0 Å². The smallest absolute Gasteiger partial charge is 0.324 e. The standard InChI is InChI=1S/C13H18N2O2/c1-14(11-6-5-7-12(16)10-11)13(17)15-8-3-2-4-9-15/h5-7,10,16H,2-4,8-9H2,1H3. The number of carbonyl (C=O) groups is 1. The number of phenols is 1. The normalized spacial score (nSPS) is 15.7. The Bertz CT molecular complexity index is 400. The zero-order valence-corrected chi connectivity index (χ0v) is 10.1. The highest BCUT2D eigenvalue weighted by Gasteiger charge is 2.20. The molecule has 1 saturated heterocycles. The summed E-state index contributed by atoms with van der Waals surface area (Å²) in [6.45, 7) is 1.67. The molecule has 0 aromatic heterocycles. The molecule has 4 nitrogen and oxygen atoms in total. The number of piperidine rings is 1. The maximum Gasteiger partial charge on any atom is 0.324 e. The number of hydrogen-bond donors (Lipinski definition) is 1. The van der Waals surface area contributed by atoms with Crippen molar-refractivity contribution in [3.8, 4) is 5.75 Å². The molecular formula is C13H18N2O2. The Morgan fingerprint density at radius 1 is 1.29 bits per heavy atom. The SMILES string of the molecule is CN(C(=O)N1CCCCC1)c1cccc(O)c1. The van der Waals surface area contributed by atoms with Crippen LogP contribution >= 0.6 is 0 Å². The van der Waals surface area contributed by atoms with Crippen molar-refractivity contribution in [2.24, 2.45) is 0 Å². The Balaban J connectivity index is 2.08. The molecule has 0 bridgehead atoms. The van der Waals surface area contributed by atoms with Gasteiger partial charge in [0.05, 0.1) is 0 Å². The number of likely N-dealkylation sites (tertiary alicyclic amines) is 1. The number of hydrogen-bond acceptors (Lipinski definition) is 2. The highest BCUT2D eigenvalue weighted by molar-refractivity contribution is 5.91. The summed E-state index contributed by atoms with van der Waals surface area (Å²) < 4.78 is 0. The van der Waals surface area contributed by atoms with Crippen LogP contribution in [0.2, 0.25) is 0 Å². The second-order valence-corrected chi connectivity index (χ2v) is 4.41. The summed E-state index contributed by atoms with van der Waals surface area (Å²) in [4.78, 5) is 15.6. The Kier molecular flexibility index (Phi) is 3.52. The topological polar surface area (TPSA) is 43.8 Å². The number of urea groups is 1. The fourth-order valence-corrected chi connectivity index (χ4v) is 2.11. The van der Waals surface area contributed by atoms with Crippen LogP contribution in [0.15, 0.2) is 24.3 Å². The lowest BCUT2D eigenvalue weighted by molar-refractivity contribution is 0.194. The molecule has 2 rings (SSSR count). The average Bonchev–Trinajstić information content (AvgIpc) is 2.38. The Labute approximate surface area is 101 Å². The van der Waals surface area contributed by atoms with Gasteiger partial charge in [0.1, 0.15) is 5.75 Å². The van der Waals surface area contributed by atoms with Crippen molar-refractivity contribution < 1.29 is 9.90 Å². The number of aromatic hydroxyl groups is 1. The minimum atomic E-state index is 0.00954. The number of rotatable bonds is 1. The lowest BCUT2D eigenvalue weighted by Gasteiger charge is -2.31. The first-order valence-electron chi connectivity index (χ1n) is 6.00. The summed E-state index contributed by atoms with van der Waals surface area (Å²) in [6, 6.07) is 6.77. The molecule has 1 aromatic carbocycles. The third-order valence-electron chi connectivity index (χ3n) is 3.13. The predicted octanol–water partition coefficient (Wildman–Crippen LogP) is 2.43. The van der Waals surface area contributed by atoms with Crippen LogP contribution in [0.25, 0.3) is 0 Å². The molecule has 0 radical (unpaired) electrons. The van der Waals surface area contributed by atoms with E-state index in [2.05, 4.69) is 0 Å². The number of carbonyl (C=O) groups excluding carboxylic acids is 1. The molecule has 92 valence electrons. The van der Waals surface area contributed by atoms with Crippen LogP contribution in [0, 0.1) is 0 Å². The summed E-state index contributed by atoms with van der Waals surface area (Å²) in [7, 11) is 1.74. The zero-order valence-electron chi connectivity index (χ0n) is 10.1. The molecule has 0 aliphatic carbocycles. The van der Waals surface area contributed by atoms with Crippen molar-refractivity contribution in [3.05, 3.63) is 24.3 Å². The summed E-state index contributed by atoms with van der Waals surface area (Å²) in [6.07, 6.45) is 3.37. The van der Waals surface area contributed by atoms with Crippen LogP contribution in [0.4, 0.5) is 10.5 Å². The molecular weight excluding hydrogens is 216 g/mol. The van der Waals surface area contributed by atoms with E-state index in [0.717, 1.165) is 31.6 Å². The van der Waals surface area contributed by atoms with Gasteiger partial charge in [-0.3, -0.25) is 4.90 Å². The van der Waals surface area contributed by atoms with Gasteiger partial charge >= 0.3 is 6.03 Å². The fourth-order valence-electron chi connectivity index (χ4n) is 2.11. The quantitative estimate of drug-likeness (QED) is 0.811. The third kappa shape index (κ3) is 2.70. The van der Waals surface area contributed by atoms with Crippen molar-refractivity contribution in [1.82, 2.24) is 4.90 Å². The maximum absolute atomic E-state index is 12.2. The third-order valence-corrected chi connectivity index (χ3v) is 3.13. The molecule has 1 aliphatic rings. The minimum absolute atomic E-state index is 0.00954. The summed E-state index contributed by atoms with van der Waals surface area (Å²) in [5, 5.41) is 9.40. The summed E-state index contributed by atoms with van der Waals surface area (Å²) in [5.74, 6) is 0.181. The molecule has 0 unspecified atom stereocenters.